The monoisotopic (exact) mass is 414 g/mol. The minimum Gasteiger partial charge on any atom is -0.339 e. The van der Waals surface area contributed by atoms with Gasteiger partial charge in [0.2, 0.25) is 11.8 Å². The van der Waals surface area contributed by atoms with Gasteiger partial charge in [0.05, 0.1) is 5.02 Å². The molecule has 3 amide bonds. The molecule has 8 heteroatoms. The standard InChI is InChI=1S/C21H23ClN4O3/c1-2-19(27)24-17-5-3-4-15(12-17)21(29)26-10-8-14(9-11-26)20(28)25-18-7-6-16(22)13-23-18/h3-7,12-14H,2,8-11H2,1H3,(H,24,27)(H,23,25,28). The number of piperidine rings is 1. The van der Waals surface area contributed by atoms with Crippen molar-refractivity contribution in [1.29, 1.82) is 0 Å². The average molecular weight is 415 g/mol. The maximum Gasteiger partial charge on any atom is 0.253 e. The molecule has 0 unspecified atom stereocenters. The topological polar surface area (TPSA) is 91.4 Å². The Bertz CT molecular complexity index is 893. The second-order valence-electron chi connectivity index (χ2n) is 6.90. The molecule has 152 valence electrons. The minimum absolute atomic E-state index is 0.100. The van der Waals surface area contributed by atoms with Gasteiger partial charge in [-0.15, -0.1) is 0 Å². The predicted octanol–water partition coefficient (Wildman–Crippen LogP) is 3.57. The third kappa shape index (κ3) is 5.54. The zero-order valence-corrected chi connectivity index (χ0v) is 16.9. The van der Waals surface area contributed by atoms with Crippen LogP contribution in [0, 0.1) is 5.92 Å². The quantitative estimate of drug-likeness (QED) is 0.782. The molecule has 1 aliphatic heterocycles. The number of amides is 3. The molecular formula is C21H23ClN4O3. The molecule has 0 bridgehead atoms. The lowest BCUT2D eigenvalue weighted by molar-refractivity contribution is -0.121. The van der Waals surface area contributed by atoms with E-state index in [1.165, 1.54) is 6.20 Å². The number of carbonyl (C=O) groups is 3. The molecule has 1 aromatic carbocycles. The van der Waals surface area contributed by atoms with Gasteiger partial charge < -0.3 is 15.5 Å². The lowest BCUT2D eigenvalue weighted by Gasteiger charge is -2.31. The molecule has 29 heavy (non-hydrogen) atoms. The largest absolute Gasteiger partial charge is 0.339 e. The number of benzene rings is 1. The Hall–Kier alpha value is -2.93. The van der Waals surface area contributed by atoms with Crippen LogP contribution in [-0.4, -0.2) is 40.7 Å². The summed E-state index contributed by atoms with van der Waals surface area (Å²) in [7, 11) is 0. The molecule has 1 aromatic heterocycles. The van der Waals surface area contributed by atoms with Crippen molar-refractivity contribution >= 4 is 40.8 Å². The van der Waals surface area contributed by atoms with Crippen molar-refractivity contribution < 1.29 is 14.4 Å². The summed E-state index contributed by atoms with van der Waals surface area (Å²) in [6, 6.07) is 10.2. The van der Waals surface area contributed by atoms with Gasteiger partial charge in [-0.3, -0.25) is 14.4 Å². The molecule has 2 heterocycles. The van der Waals surface area contributed by atoms with Gasteiger partial charge in [0, 0.05) is 42.9 Å². The fraction of sp³-hybridized carbons (Fsp3) is 0.333. The molecule has 2 N–H and O–H groups in total. The molecule has 7 nitrogen and oxygen atoms in total. The molecule has 0 radical (unpaired) electrons. The Labute approximate surface area is 174 Å². The summed E-state index contributed by atoms with van der Waals surface area (Å²) in [6.07, 6.45) is 3.02. The fourth-order valence-corrected chi connectivity index (χ4v) is 3.30. The highest BCUT2D eigenvalue weighted by molar-refractivity contribution is 6.30. The number of aromatic nitrogens is 1. The number of nitrogens with zero attached hydrogens (tertiary/aromatic N) is 2. The van der Waals surface area contributed by atoms with E-state index >= 15 is 0 Å². The molecule has 2 aromatic rings. The number of pyridine rings is 1. The highest BCUT2D eigenvalue weighted by Crippen LogP contribution is 2.22. The summed E-state index contributed by atoms with van der Waals surface area (Å²) in [4.78, 5) is 42.6. The molecule has 0 spiro atoms. The van der Waals surface area contributed by atoms with Crippen LogP contribution < -0.4 is 10.6 Å². The van der Waals surface area contributed by atoms with E-state index in [2.05, 4.69) is 15.6 Å². The number of halogens is 1. The van der Waals surface area contributed by atoms with Crippen molar-refractivity contribution in [2.75, 3.05) is 23.7 Å². The molecule has 1 fully saturated rings. The van der Waals surface area contributed by atoms with E-state index in [9.17, 15) is 14.4 Å². The number of likely N-dealkylation sites (tertiary alicyclic amines) is 1. The lowest BCUT2D eigenvalue weighted by Crippen LogP contribution is -2.41. The number of hydrogen-bond acceptors (Lipinski definition) is 4. The van der Waals surface area contributed by atoms with Crippen LogP contribution in [0.2, 0.25) is 5.02 Å². The summed E-state index contributed by atoms with van der Waals surface area (Å²) in [6.45, 7) is 2.76. The van der Waals surface area contributed by atoms with Gasteiger partial charge in [-0.1, -0.05) is 24.6 Å². The SMILES string of the molecule is CCC(=O)Nc1cccc(C(=O)N2CCC(C(=O)Nc3ccc(Cl)cn3)CC2)c1. The summed E-state index contributed by atoms with van der Waals surface area (Å²) < 4.78 is 0. The second kappa shape index (κ2) is 9.52. The summed E-state index contributed by atoms with van der Waals surface area (Å²) in [5.74, 6) is -0.0147. The van der Waals surface area contributed by atoms with Crippen LogP contribution in [0.3, 0.4) is 0 Å². The smallest absolute Gasteiger partial charge is 0.253 e. The van der Waals surface area contributed by atoms with E-state index in [-0.39, 0.29) is 23.6 Å². The van der Waals surface area contributed by atoms with Crippen molar-refractivity contribution in [2.45, 2.75) is 26.2 Å². The van der Waals surface area contributed by atoms with Crippen LogP contribution in [0.4, 0.5) is 11.5 Å². The Kier molecular flexibility index (Phi) is 6.82. The maximum atomic E-state index is 12.8. The predicted molar refractivity (Wildman–Crippen MR) is 112 cm³/mol. The molecule has 0 atom stereocenters. The molecular weight excluding hydrogens is 392 g/mol. The lowest BCUT2D eigenvalue weighted by atomic mass is 9.95. The highest BCUT2D eigenvalue weighted by Gasteiger charge is 2.28. The third-order valence-electron chi connectivity index (χ3n) is 4.85. The van der Waals surface area contributed by atoms with Crippen molar-refractivity contribution in [3.8, 4) is 0 Å². The number of nitrogens with one attached hydrogen (secondary N) is 2. The van der Waals surface area contributed by atoms with E-state index in [1.54, 1.807) is 48.2 Å². The summed E-state index contributed by atoms with van der Waals surface area (Å²) in [5.41, 5.74) is 1.12. The Morgan fingerprint density at radius 2 is 1.90 bits per heavy atom. The van der Waals surface area contributed by atoms with Crippen molar-refractivity contribution in [3.05, 3.63) is 53.2 Å². The Morgan fingerprint density at radius 3 is 2.55 bits per heavy atom. The van der Waals surface area contributed by atoms with Crippen LogP contribution in [0.1, 0.15) is 36.5 Å². The normalized spacial score (nSPS) is 14.3. The van der Waals surface area contributed by atoms with E-state index in [4.69, 9.17) is 11.6 Å². The van der Waals surface area contributed by atoms with Gasteiger partial charge in [0.15, 0.2) is 0 Å². The molecule has 3 rings (SSSR count). The Morgan fingerprint density at radius 1 is 1.14 bits per heavy atom. The fourth-order valence-electron chi connectivity index (χ4n) is 3.18. The zero-order chi connectivity index (χ0) is 20.8. The van der Waals surface area contributed by atoms with Crippen molar-refractivity contribution in [2.24, 2.45) is 5.92 Å². The van der Waals surface area contributed by atoms with Gasteiger partial charge in [0.25, 0.3) is 5.91 Å². The number of hydrogen-bond donors (Lipinski definition) is 2. The van der Waals surface area contributed by atoms with Crippen LogP contribution in [-0.2, 0) is 9.59 Å². The van der Waals surface area contributed by atoms with E-state index in [1.807, 2.05) is 0 Å². The van der Waals surface area contributed by atoms with Gasteiger partial charge >= 0.3 is 0 Å². The first-order valence-electron chi connectivity index (χ1n) is 9.58. The first-order valence-corrected chi connectivity index (χ1v) is 9.95. The van der Waals surface area contributed by atoms with Crippen LogP contribution >= 0.6 is 11.6 Å². The van der Waals surface area contributed by atoms with Gasteiger partial charge in [0.1, 0.15) is 5.82 Å². The van der Waals surface area contributed by atoms with Crippen molar-refractivity contribution in [3.63, 3.8) is 0 Å². The van der Waals surface area contributed by atoms with Crippen LogP contribution in [0.25, 0.3) is 0 Å². The number of rotatable bonds is 5. The Balaban J connectivity index is 1.55. The first kappa shape index (κ1) is 20.8. The molecule has 0 saturated carbocycles. The van der Waals surface area contributed by atoms with Crippen LogP contribution in [0.5, 0.6) is 0 Å². The minimum atomic E-state index is -0.174. The highest BCUT2D eigenvalue weighted by atomic mass is 35.5. The van der Waals surface area contributed by atoms with E-state index in [0.29, 0.717) is 54.4 Å². The average Bonchev–Trinajstić information content (AvgIpc) is 2.75. The zero-order valence-electron chi connectivity index (χ0n) is 16.2. The number of carbonyl (C=O) groups excluding carboxylic acids is 3. The molecule has 1 saturated heterocycles. The summed E-state index contributed by atoms with van der Waals surface area (Å²) in [5, 5.41) is 6.06. The van der Waals surface area contributed by atoms with Gasteiger partial charge in [-0.25, -0.2) is 4.98 Å². The van der Waals surface area contributed by atoms with E-state index < -0.39 is 0 Å². The van der Waals surface area contributed by atoms with Crippen LogP contribution in [0.15, 0.2) is 42.6 Å². The molecule has 1 aliphatic rings. The van der Waals surface area contributed by atoms with Gasteiger partial charge in [-0.2, -0.15) is 0 Å². The maximum absolute atomic E-state index is 12.8. The first-order chi connectivity index (χ1) is 14.0. The molecule has 0 aliphatic carbocycles. The third-order valence-corrected chi connectivity index (χ3v) is 5.07. The van der Waals surface area contributed by atoms with E-state index in [0.717, 1.165) is 0 Å². The van der Waals surface area contributed by atoms with Gasteiger partial charge in [-0.05, 0) is 43.2 Å². The number of anilines is 2. The second-order valence-corrected chi connectivity index (χ2v) is 7.34. The summed E-state index contributed by atoms with van der Waals surface area (Å²) >= 11 is 5.80. The van der Waals surface area contributed by atoms with Crippen molar-refractivity contribution in [1.82, 2.24) is 9.88 Å².